The number of halogens is 1. The summed E-state index contributed by atoms with van der Waals surface area (Å²) in [6.45, 7) is 2.81. The standard InChI is InChI=1S/C28H28FNO3/c29-24-8-12-26(13-9-24)33-27-14-22-16-30(17-23(22)15-27)18-28(31)21-6-10-25(11-7-21)32-19-20-4-2-1-3-5-20/h1-13,22-23,27H,14-19H2/t22-,23?,27?/m0/s1. The van der Waals surface area contributed by atoms with Gasteiger partial charge in [-0.25, -0.2) is 4.39 Å². The molecule has 1 aliphatic heterocycles. The summed E-state index contributed by atoms with van der Waals surface area (Å²) in [6.07, 6.45) is 2.15. The molecule has 1 saturated carbocycles. The summed E-state index contributed by atoms with van der Waals surface area (Å²) < 4.78 is 24.9. The van der Waals surface area contributed by atoms with E-state index >= 15 is 0 Å². The average molecular weight is 446 g/mol. The van der Waals surface area contributed by atoms with Crippen LogP contribution >= 0.6 is 0 Å². The first kappa shape index (κ1) is 21.7. The van der Waals surface area contributed by atoms with Crippen molar-refractivity contribution in [2.45, 2.75) is 25.6 Å². The normalized spacial score (nSPS) is 22.2. The summed E-state index contributed by atoms with van der Waals surface area (Å²) in [4.78, 5) is 15.1. The Hall–Kier alpha value is -3.18. The van der Waals surface area contributed by atoms with E-state index in [0.717, 1.165) is 48.6 Å². The minimum Gasteiger partial charge on any atom is -0.490 e. The van der Waals surface area contributed by atoms with Crippen molar-refractivity contribution in [2.24, 2.45) is 11.8 Å². The lowest BCUT2D eigenvalue weighted by atomic mass is 10.0. The average Bonchev–Trinajstić information content (AvgIpc) is 3.38. The van der Waals surface area contributed by atoms with Crippen LogP contribution in [0, 0.1) is 17.7 Å². The summed E-state index contributed by atoms with van der Waals surface area (Å²) in [6, 6.07) is 23.7. The summed E-state index contributed by atoms with van der Waals surface area (Å²) in [7, 11) is 0. The largest absolute Gasteiger partial charge is 0.490 e. The van der Waals surface area contributed by atoms with Crippen molar-refractivity contribution < 1.29 is 18.7 Å². The van der Waals surface area contributed by atoms with Crippen molar-refractivity contribution in [3.05, 3.63) is 95.8 Å². The Morgan fingerprint density at radius 1 is 0.848 bits per heavy atom. The second kappa shape index (κ2) is 9.75. The van der Waals surface area contributed by atoms with Crippen molar-refractivity contribution in [1.29, 1.82) is 0 Å². The molecular formula is C28H28FNO3. The maximum Gasteiger partial charge on any atom is 0.176 e. The van der Waals surface area contributed by atoms with Crippen LogP contribution < -0.4 is 9.47 Å². The highest BCUT2D eigenvalue weighted by molar-refractivity contribution is 5.97. The van der Waals surface area contributed by atoms with Crippen LogP contribution in [0.2, 0.25) is 0 Å². The van der Waals surface area contributed by atoms with Crippen LogP contribution in [0.15, 0.2) is 78.9 Å². The molecule has 2 aliphatic rings. The van der Waals surface area contributed by atoms with Gasteiger partial charge in [0.2, 0.25) is 0 Å². The summed E-state index contributed by atoms with van der Waals surface area (Å²) in [5.41, 5.74) is 1.83. The van der Waals surface area contributed by atoms with Crippen LogP contribution in [0.25, 0.3) is 0 Å². The van der Waals surface area contributed by atoms with Gasteiger partial charge in [0.1, 0.15) is 23.9 Å². The molecule has 3 aromatic carbocycles. The highest BCUT2D eigenvalue weighted by atomic mass is 19.1. The monoisotopic (exact) mass is 445 g/mol. The third-order valence-corrected chi connectivity index (χ3v) is 6.69. The minimum absolute atomic E-state index is 0.142. The number of hydrogen-bond donors (Lipinski definition) is 0. The van der Waals surface area contributed by atoms with Gasteiger partial charge in [0.25, 0.3) is 0 Å². The number of nitrogens with zero attached hydrogens (tertiary/aromatic N) is 1. The van der Waals surface area contributed by atoms with Gasteiger partial charge in [0.05, 0.1) is 12.6 Å². The molecular weight excluding hydrogens is 417 g/mol. The van der Waals surface area contributed by atoms with Gasteiger partial charge in [0.15, 0.2) is 5.78 Å². The molecule has 0 aromatic heterocycles. The Labute approximate surface area is 193 Å². The molecule has 3 aromatic rings. The van der Waals surface area contributed by atoms with Crippen LogP contribution in [0.5, 0.6) is 11.5 Å². The van der Waals surface area contributed by atoms with Crippen molar-refractivity contribution >= 4 is 5.78 Å². The zero-order chi connectivity index (χ0) is 22.6. The van der Waals surface area contributed by atoms with E-state index in [1.54, 1.807) is 12.1 Å². The number of fused-ring (bicyclic) bond motifs is 1. The van der Waals surface area contributed by atoms with Crippen LogP contribution in [-0.4, -0.2) is 36.4 Å². The van der Waals surface area contributed by atoms with E-state index in [-0.39, 0.29) is 17.7 Å². The van der Waals surface area contributed by atoms with Gasteiger partial charge in [-0.15, -0.1) is 0 Å². The van der Waals surface area contributed by atoms with Crippen LogP contribution in [-0.2, 0) is 6.61 Å². The zero-order valence-electron chi connectivity index (χ0n) is 18.5. The molecule has 2 unspecified atom stereocenters. The third kappa shape index (κ3) is 5.42. The Morgan fingerprint density at radius 3 is 2.15 bits per heavy atom. The first-order chi connectivity index (χ1) is 16.1. The second-order valence-corrected chi connectivity index (χ2v) is 9.10. The fraction of sp³-hybridized carbons (Fsp3) is 0.321. The van der Waals surface area contributed by atoms with E-state index in [1.165, 1.54) is 12.1 Å². The van der Waals surface area contributed by atoms with E-state index in [4.69, 9.17) is 9.47 Å². The highest BCUT2D eigenvalue weighted by Crippen LogP contribution is 2.39. The van der Waals surface area contributed by atoms with E-state index < -0.39 is 0 Å². The lowest BCUT2D eigenvalue weighted by Crippen LogP contribution is -2.30. The molecule has 1 aliphatic carbocycles. The SMILES string of the molecule is O=C(CN1CC2CC(Oc3ccc(F)cc3)C[C@H]2C1)c1ccc(OCc2ccccc2)cc1. The first-order valence-corrected chi connectivity index (χ1v) is 11.6. The number of hydrogen-bond acceptors (Lipinski definition) is 4. The lowest BCUT2D eigenvalue weighted by Gasteiger charge is -2.19. The van der Waals surface area contributed by atoms with Gasteiger partial charge in [-0.05, 0) is 78.8 Å². The molecule has 4 nitrogen and oxygen atoms in total. The molecule has 0 N–H and O–H groups in total. The lowest BCUT2D eigenvalue weighted by molar-refractivity contribution is 0.0936. The van der Waals surface area contributed by atoms with Crippen molar-refractivity contribution in [3.63, 3.8) is 0 Å². The maximum absolute atomic E-state index is 13.1. The number of ketones is 1. The van der Waals surface area contributed by atoms with E-state index in [0.29, 0.717) is 25.0 Å². The molecule has 0 amide bonds. The van der Waals surface area contributed by atoms with E-state index in [1.807, 2.05) is 54.6 Å². The van der Waals surface area contributed by atoms with Gasteiger partial charge in [-0.2, -0.15) is 0 Å². The number of ether oxygens (including phenoxy) is 2. The zero-order valence-corrected chi connectivity index (χ0v) is 18.5. The Bertz CT molecular complexity index is 1050. The number of likely N-dealkylation sites (tertiary alicyclic amines) is 1. The summed E-state index contributed by atoms with van der Waals surface area (Å²) in [5.74, 6) is 2.49. The molecule has 2 fully saturated rings. The number of benzene rings is 3. The number of Topliss-reactive ketones (excluding diaryl/α,β-unsaturated/α-hetero) is 1. The van der Waals surface area contributed by atoms with Crippen LogP contribution in [0.1, 0.15) is 28.8 Å². The fourth-order valence-electron chi connectivity index (χ4n) is 5.04. The summed E-state index contributed by atoms with van der Waals surface area (Å²) >= 11 is 0. The predicted molar refractivity (Wildman–Crippen MR) is 125 cm³/mol. The van der Waals surface area contributed by atoms with Gasteiger partial charge in [-0.3, -0.25) is 9.69 Å². The molecule has 3 atom stereocenters. The topological polar surface area (TPSA) is 38.8 Å². The molecule has 5 rings (SSSR count). The first-order valence-electron chi connectivity index (χ1n) is 11.6. The molecule has 0 spiro atoms. The number of carbonyl (C=O) groups excluding carboxylic acids is 1. The van der Waals surface area contributed by atoms with Crippen LogP contribution in [0.4, 0.5) is 4.39 Å². The molecule has 1 saturated heterocycles. The van der Waals surface area contributed by atoms with E-state index in [2.05, 4.69) is 4.90 Å². The van der Waals surface area contributed by atoms with Gasteiger partial charge in [0, 0.05) is 18.7 Å². The van der Waals surface area contributed by atoms with Gasteiger partial charge < -0.3 is 9.47 Å². The van der Waals surface area contributed by atoms with Gasteiger partial charge in [-0.1, -0.05) is 30.3 Å². The summed E-state index contributed by atoms with van der Waals surface area (Å²) in [5, 5.41) is 0. The van der Waals surface area contributed by atoms with Crippen molar-refractivity contribution in [2.75, 3.05) is 19.6 Å². The molecule has 170 valence electrons. The van der Waals surface area contributed by atoms with Gasteiger partial charge >= 0.3 is 0 Å². The molecule has 33 heavy (non-hydrogen) atoms. The molecule has 0 radical (unpaired) electrons. The molecule has 1 heterocycles. The quantitative estimate of drug-likeness (QED) is 0.437. The Balaban J connectivity index is 1.08. The maximum atomic E-state index is 13.1. The smallest absolute Gasteiger partial charge is 0.176 e. The van der Waals surface area contributed by atoms with E-state index in [9.17, 15) is 9.18 Å². The number of carbonyl (C=O) groups is 1. The Morgan fingerprint density at radius 2 is 1.48 bits per heavy atom. The fourth-order valence-corrected chi connectivity index (χ4v) is 5.04. The predicted octanol–water partition coefficient (Wildman–Crippen LogP) is 5.38. The molecule has 5 heteroatoms. The molecule has 0 bridgehead atoms. The second-order valence-electron chi connectivity index (χ2n) is 9.10. The minimum atomic E-state index is -0.250. The van der Waals surface area contributed by atoms with Crippen LogP contribution in [0.3, 0.4) is 0 Å². The van der Waals surface area contributed by atoms with Crippen molar-refractivity contribution in [1.82, 2.24) is 4.90 Å². The Kier molecular flexibility index (Phi) is 6.40. The van der Waals surface area contributed by atoms with Crippen molar-refractivity contribution in [3.8, 4) is 11.5 Å². The third-order valence-electron chi connectivity index (χ3n) is 6.69. The number of rotatable bonds is 8. The highest BCUT2D eigenvalue weighted by Gasteiger charge is 2.42.